The zero-order chi connectivity index (χ0) is 14.0. The highest BCUT2D eigenvalue weighted by atomic mass is 28.2. The molecule has 0 spiro atoms. The minimum atomic E-state index is -0.352. The Hall–Kier alpha value is -1.38. The lowest BCUT2D eigenvalue weighted by molar-refractivity contribution is 0.334. The first kappa shape index (κ1) is 15.0. The van der Waals surface area contributed by atoms with Crippen LogP contribution in [-0.2, 0) is 4.43 Å². The Kier molecular flexibility index (Phi) is 6.55. The fraction of sp³-hybridized carbons (Fsp3) is 0.333. The fourth-order valence-corrected chi connectivity index (χ4v) is 3.80. The lowest BCUT2D eigenvalue weighted by Gasteiger charge is -2.18. The molecule has 0 saturated heterocycles. The van der Waals surface area contributed by atoms with Crippen LogP contribution in [0.1, 0.15) is 36.8 Å². The minimum absolute atomic E-state index is 0.352. The van der Waals surface area contributed by atoms with Crippen LogP contribution in [0.25, 0.3) is 0 Å². The first-order valence-corrected chi connectivity index (χ1v) is 9.17. The molecule has 0 heterocycles. The Labute approximate surface area is 124 Å². The zero-order valence-corrected chi connectivity index (χ0v) is 13.7. The van der Waals surface area contributed by atoms with E-state index in [1.165, 1.54) is 23.6 Å². The molecule has 0 radical (unpaired) electrons. The molecule has 0 unspecified atom stereocenters. The van der Waals surface area contributed by atoms with Crippen LogP contribution >= 0.6 is 0 Å². The van der Waals surface area contributed by atoms with Crippen LogP contribution in [-0.4, -0.2) is 16.4 Å². The number of rotatable bonds is 8. The van der Waals surface area contributed by atoms with E-state index in [0.29, 0.717) is 5.92 Å². The maximum absolute atomic E-state index is 5.74. The van der Waals surface area contributed by atoms with Crippen LogP contribution < -0.4 is 0 Å². The Morgan fingerprint density at radius 1 is 0.900 bits per heavy atom. The van der Waals surface area contributed by atoms with Gasteiger partial charge in [0.1, 0.15) is 0 Å². The summed E-state index contributed by atoms with van der Waals surface area (Å²) in [5.74, 6) is 0.509. The van der Waals surface area contributed by atoms with Crippen molar-refractivity contribution in [1.82, 2.24) is 0 Å². The minimum Gasteiger partial charge on any atom is -0.424 e. The standard InChI is InChI=1S/C18H24OSi/c1-2-14-19-20-15-13-18(16-9-5-3-6-10-16)17-11-7-4-8-12-17/h3-12,18H,2,13-15,20H2,1H3. The highest BCUT2D eigenvalue weighted by Gasteiger charge is 2.13. The SMILES string of the molecule is CCCO[SiH2]CCC(c1ccccc1)c1ccccc1. The molecule has 106 valence electrons. The van der Waals surface area contributed by atoms with Crippen LogP contribution in [0.15, 0.2) is 60.7 Å². The van der Waals surface area contributed by atoms with E-state index < -0.39 is 0 Å². The first-order chi connectivity index (χ1) is 9.92. The van der Waals surface area contributed by atoms with Gasteiger partial charge >= 0.3 is 0 Å². The molecule has 0 N–H and O–H groups in total. The predicted molar refractivity (Wildman–Crippen MR) is 88.9 cm³/mol. The lowest BCUT2D eigenvalue weighted by atomic mass is 9.89. The molecule has 0 aromatic heterocycles. The summed E-state index contributed by atoms with van der Waals surface area (Å²) in [5, 5.41) is 0. The van der Waals surface area contributed by atoms with Crippen LogP contribution in [0, 0.1) is 0 Å². The monoisotopic (exact) mass is 284 g/mol. The molecule has 0 aliphatic rings. The van der Waals surface area contributed by atoms with Crippen LogP contribution in [0.5, 0.6) is 0 Å². The van der Waals surface area contributed by atoms with E-state index in [4.69, 9.17) is 4.43 Å². The van der Waals surface area contributed by atoms with Gasteiger partial charge in [0.25, 0.3) is 0 Å². The Bertz CT molecular complexity index is 430. The van der Waals surface area contributed by atoms with Gasteiger partial charge in [-0.05, 0) is 30.0 Å². The van der Waals surface area contributed by atoms with Crippen LogP contribution in [0.3, 0.4) is 0 Å². The average Bonchev–Trinajstić information content (AvgIpc) is 2.53. The summed E-state index contributed by atoms with van der Waals surface area (Å²) in [6, 6.07) is 22.9. The molecule has 2 heteroatoms. The van der Waals surface area contributed by atoms with Gasteiger partial charge in [-0.25, -0.2) is 0 Å². The third-order valence-corrected chi connectivity index (χ3v) is 4.81. The van der Waals surface area contributed by atoms with Crippen LogP contribution in [0.4, 0.5) is 0 Å². The van der Waals surface area contributed by atoms with E-state index in [1.807, 2.05) is 0 Å². The van der Waals surface area contributed by atoms with Gasteiger partial charge in [0, 0.05) is 12.5 Å². The van der Waals surface area contributed by atoms with Crippen molar-refractivity contribution in [2.75, 3.05) is 6.61 Å². The van der Waals surface area contributed by atoms with Gasteiger partial charge < -0.3 is 4.43 Å². The second-order valence-corrected chi connectivity index (χ2v) is 6.65. The van der Waals surface area contributed by atoms with Crippen molar-refractivity contribution in [3.63, 3.8) is 0 Å². The lowest BCUT2D eigenvalue weighted by Crippen LogP contribution is -2.05. The molecular weight excluding hydrogens is 260 g/mol. The van der Waals surface area contributed by atoms with Gasteiger partial charge in [-0.2, -0.15) is 0 Å². The van der Waals surface area contributed by atoms with Crippen molar-refractivity contribution < 1.29 is 4.43 Å². The second-order valence-electron chi connectivity index (χ2n) is 5.13. The van der Waals surface area contributed by atoms with Gasteiger partial charge in [0.2, 0.25) is 0 Å². The quantitative estimate of drug-likeness (QED) is 0.523. The van der Waals surface area contributed by atoms with E-state index in [-0.39, 0.29) is 9.76 Å². The Balaban J connectivity index is 2.02. The molecule has 20 heavy (non-hydrogen) atoms. The zero-order valence-electron chi connectivity index (χ0n) is 12.3. The third kappa shape index (κ3) is 4.62. The normalized spacial score (nSPS) is 11.5. The first-order valence-electron chi connectivity index (χ1n) is 7.59. The second kappa shape index (κ2) is 8.72. The van der Waals surface area contributed by atoms with Crippen molar-refractivity contribution in [3.8, 4) is 0 Å². The summed E-state index contributed by atoms with van der Waals surface area (Å²) in [6.07, 6.45) is 2.33. The van der Waals surface area contributed by atoms with E-state index in [0.717, 1.165) is 13.0 Å². The van der Waals surface area contributed by atoms with E-state index in [9.17, 15) is 0 Å². The van der Waals surface area contributed by atoms with Crippen molar-refractivity contribution in [1.29, 1.82) is 0 Å². The molecule has 0 fully saturated rings. The van der Waals surface area contributed by atoms with Gasteiger partial charge in [-0.3, -0.25) is 0 Å². The number of benzene rings is 2. The van der Waals surface area contributed by atoms with E-state index in [2.05, 4.69) is 67.6 Å². The third-order valence-electron chi connectivity index (χ3n) is 3.53. The van der Waals surface area contributed by atoms with Crippen LogP contribution in [0.2, 0.25) is 6.04 Å². The summed E-state index contributed by atoms with van der Waals surface area (Å²) in [4.78, 5) is 0. The molecule has 0 aliphatic carbocycles. The Morgan fingerprint density at radius 2 is 1.45 bits per heavy atom. The Morgan fingerprint density at radius 3 is 1.95 bits per heavy atom. The fourth-order valence-electron chi connectivity index (χ4n) is 2.53. The van der Waals surface area contributed by atoms with Crippen molar-refractivity contribution in [2.45, 2.75) is 31.7 Å². The van der Waals surface area contributed by atoms with Crippen molar-refractivity contribution >= 4 is 9.76 Å². The van der Waals surface area contributed by atoms with E-state index in [1.54, 1.807) is 0 Å². The number of hydrogen-bond donors (Lipinski definition) is 0. The van der Waals surface area contributed by atoms with Gasteiger partial charge in [-0.1, -0.05) is 67.6 Å². The molecule has 0 amide bonds. The van der Waals surface area contributed by atoms with Crippen molar-refractivity contribution in [2.24, 2.45) is 0 Å². The molecule has 0 atom stereocenters. The molecule has 2 aromatic carbocycles. The van der Waals surface area contributed by atoms with Crippen molar-refractivity contribution in [3.05, 3.63) is 71.8 Å². The molecular formula is C18H24OSi. The highest BCUT2D eigenvalue weighted by Crippen LogP contribution is 2.29. The molecule has 1 nitrogen and oxygen atoms in total. The molecule has 0 saturated carbocycles. The smallest absolute Gasteiger partial charge is 0.161 e. The molecule has 0 bridgehead atoms. The number of hydrogen-bond acceptors (Lipinski definition) is 1. The molecule has 0 aliphatic heterocycles. The summed E-state index contributed by atoms with van der Waals surface area (Å²) >= 11 is 0. The summed E-state index contributed by atoms with van der Waals surface area (Å²) < 4.78 is 5.74. The van der Waals surface area contributed by atoms with Gasteiger partial charge in [0.15, 0.2) is 9.76 Å². The van der Waals surface area contributed by atoms with E-state index >= 15 is 0 Å². The van der Waals surface area contributed by atoms with Gasteiger partial charge in [0.05, 0.1) is 0 Å². The maximum atomic E-state index is 5.74. The molecule has 2 aromatic rings. The summed E-state index contributed by atoms with van der Waals surface area (Å²) in [6.45, 7) is 3.11. The average molecular weight is 284 g/mol. The maximum Gasteiger partial charge on any atom is 0.161 e. The van der Waals surface area contributed by atoms with Gasteiger partial charge in [-0.15, -0.1) is 0 Å². The largest absolute Gasteiger partial charge is 0.424 e. The summed E-state index contributed by atoms with van der Waals surface area (Å²) in [7, 11) is -0.352. The summed E-state index contributed by atoms with van der Waals surface area (Å²) in [5.41, 5.74) is 2.84. The topological polar surface area (TPSA) is 9.23 Å². The predicted octanol–water partition coefficient (Wildman–Crippen LogP) is 4.14. The highest BCUT2D eigenvalue weighted by molar-refractivity contribution is 6.27. The molecule has 2 rings (SSSR count).